The second kappa shape index (κ2) is 14.5. The zero-order chi connectivity index (χ0) is 14.8. The molecule has 2 nitrogen and oxygen atoms in total. The van der Waals surface area contributed by atoms with Gasteiger partial charge < -0.3 is 9.80 Å². The lowest BCUT2D eigenvalue weighted by Gasteiger charge is -2.31. The summed E-state index contributed by atoms with van der Waals surface area (Å²) in [6.07, 6.45) is 8.52. The SMILES string of the molecule is C.C.CCC1CCCN(CC)C1.CCC1CCN(CC)CC1. The summed E-state index contributed by atoms with van der Waals surface area (Å²) in [7, 11) is 0. The Labute approximate surface area is 142 Å². The normalized spacial score (nSPS) is 23.7. The molecular formula is C20H46N2. The summed E-state index contributed by atoms with van der Waals surface area (Å²) < 4.78 is 0. The first-order valence-corrected chi connectivity index (χ1v) is 9.18. The molecule has 0 aromatic heterocycles. The summed E-state index contributed by atoms with van der Waals surface area (Å²) in [5.41, 5.74) is 0. The van der Waals surface area contributed by atoms with Gasteiger partial charge in [-0.05, 0) is 70.2 Å². The fourth-order valence-corrected chi connectivity index (χ4v) is 3.48. The number of nitrogens with zero attached hydrogens (tertiary/aromatic N) is 2. The van der Waals surface area contributed by atoms with Gasteiger partial charge >= 0.3 is 0 Å². The second-order valence-electron chi connectivity index (χ2n) is 6.60. The molecule has 0 N–H and O–H groups in total. The Bertz CT molecular complexity index is 200. The van der Waals surface area contributed by atoms with Gasteiger partial charge in [0.2, 0.25) is 0 Å². The minimum atomic E-state index is 0. The Morgan fingerprint density at radius 1 is 0.682 bits per heavy atom. The van der Waals surface area contributed by atoms with Crippen LogP contribution in [0.3, 0.4) is 0 Å². The number of rotatable bonds is 4. The minimum Gasteiger partial charge on any atom is -0.304 e. The van der Waals surface area contributed by atoms with Gasteiger partial charge in [-0.25, -0.2) is 0 Å². The topological polar surface area (TPSA) is 6.48 Å². The highest BCUT2D eigenvalue weighted by molar-refractivity contribution is 4.70. The molecule has 2 heterocycles. The van der Waals surface area contributed by atoms with Gasteiger partial charge in [-0.2, -0.15) is 0 Å². The van der Waals surface area contributed by atoms with E-state index in [1.165, 1.54) is 77.8 Å². The molecule has 0 saturated carbocycles. The van der Waals surface area contributed by atoms with Crippen LogP contribution in [0, 0.1) is 11.8 Å². The fourth-order valence-electron chi connectivity index (χ4n) is 3.48. The Kier molecular flexibility index (Phi) is 15.9. The molecule has 0 radical (unpaired) electrons. The Balaban J connectivity index is 0. The van der Waals surface area contributed by atoms with E-state index in [-0.39, 0.29) is 14.9 Å². The molecule has 2 aliphatic rings. The molecule has 2 saturated heterocycles. The maximum Gasteiger partial charge on any atom is 0.000945 e. The van der Waals surface area contributed by atoms with Crippen LogP contribution in [0.2, 0.25) is 0 Å². The van der Waals surface area contributed by atoms with Crippen molar-refractivity contribution in [3.63, 3.8) is 0 Å². The van der Waals surface area contributed by atoms with Gasteiger partial charge in [-0.15, -0.1) is 0 Å². The zero-order valence-corrected chi connectivity index (χ0v) is 14.5. The molecule has 0 aromatic carbocycles. The van der Waals surface area contributed by atoms with Crippen molar-refractivity contribution in [3.8, 4) is 0 Å². The van der Waals surface area contributed by atoms with Gasteiger partial charge in [0.05, 0.1) is 0 Å². The second-order valence-corrected chi connectivity index (χ2v) is 6.60. The van der Waals surface area contributed by atoms with Crippen molar-refractivity contribution in [3.05, 3.63) is 0 Å². The monoisotopic (exact) mass is 314 g/mol. The summed E-state index contributed by atoms with van der Waals surface area (Å²) in [6, 6.07) is 0. The van der Waals surface area contributed by atoms with Gasteiger partial charge in [0.15, 0.2) is 0 Å². The van der Waals surface area contributed by atoms with Gasteiger partial charge in [-0.1, -0.05) is 55.4 Å². The highest BCUT2D eigenvalue weighted by Crippen LogP contribution is 2.19. The number of piperidine rings is 2. The summed E-state index contributed by atoms with van der Waals surface area (Å²) in [6.45, 7) is 17.0. The highest BCUT2D eigenvalue weighted by atomic mass is 15.1. The molecule has 0 amide bonds. The molecule has 0 spiro atoms. The molecule has 2 rings (SSSR count). The molecule has 2 fully saturated rings. The highest BCUT2D eigenvalue weighted by Gasteiger charge is 2.16. The molecule has 0 aromatic rings. The molecule has 2 heteroatoms. The number of hydrogen-bond donors (Lipinski definition) is 0. The predicted molar refractivity (Wildman–Crippen MR) is 104 cm³/mol. The lowest BCUT2D eigenvalue weighted by atomic mass is 9.95. The van der Waals surface area contributed by atoms with Gasteiger partial charge in [0, 0.05) is 6.54 Å². The maximum atomic E-state index is 2.57. The van der Waals surface area contributed by atoms with Crippen molar-refractivity contribution in [2.24, 2.45) is 11.8 Å². The van der Waals surface area contributed by atoms with E-state index in [1.807, 2.05) is 0 Å². The van der Waals surface area contributed by atoms with Crippen molar-refractivity contribution in [1.29, 1.82) is 0 Å². The third-order valence-corrected chi connectivity index (χ3v) is 5.36. The summed E-state index contributed by atoms with van der Waals surface area (Å²) in [5.74, 6) is 2.02. The van der Waals surface area contributed by atoms with Crippen LogP contribution in [0.1, 0.15) is 81.1 Å². The zero-order valence-electron chi connectivity index (χ0n) is 14.5. The van der Waals surface area contributed by atoms with Gasteiger partial charge in [0.1, 0.15) is 0 Å². The molecule has 1 atom stereocenters. The molecular weight excluding hydrogens is 268 g/mol. The Morgan fingerprint density at radius 3 is 1.68 bits per heavy atom. The quantitative estimate of drug-likeness (QED) is 0.673. The summed E-state index contributed by atoms with van der Waals surface area (Å²) in [5, 5.41) is 0. The maximum absolute atomic E-state index is 2.57. The average Bonchev–Trinajstić information content (AvgIpc) is 2.55. The summed E-state index contributed by atoms with van der Waals surface area (Å²) >= 11 is 0. The van der Waals surface area contributed by atoms with Gasteiger partial charge in [-0.3, -0.25) is 0 Å². The lowest BCUT2D eigenvalue weighted by Crippen LogP contribution is -2.34. The van der Waals surface area contributed by atoms with E-state index in [9.17, 15) is 0 Å². The standard InChI is InChI=1S/2C9H19N.2CH4/c1-3-9-5-7-10(4-2)8-6-9;1-3-9-6-5-7-10(4-2)8-9;;/h2*9H,3-8H2,1-2H3;2*1H4. The van der Waals surface area contributed by atoms with Crippen LogP contribution in [0.15, 0.2) is 0 Å². The summed E-state index contributed by atoms with van der Waals surface area (Å²) in [4.78, 5) is 5.11. The van der Waals surface area contributed by atoms with E-state index < -0.39 is 0 Å². The molecule has 136 valence electrons. The van der Waals surface area contributed by atoms with E-state index in [0.717, 1.165) is 11.8 Å². The molecule has 0 aliphatic carbocycles. The van der Waals surface area contributed by atoms with E-state index >= 15 is 0 Å². The van der Waals surface area contributed by atoms with Crippen molar-refractivity contribution >= 4 is 0 Å². The smallest absolute Gasteiger partial charge is 0.000945 e. The predicted octanol–water partition coefficient (Wildman–Crippen LogP) is 5.53. The van der Waals surface area contributed by atoms with E-state index in [0.29, 0.717) is 0 Å². The third kappa shape index (κ3) is 9.15. The van der Waals surface area contributed by atoms with Crippen molar-refractivity contribution in [1.82, 2.24) is 9.80 Å². The minimum absolute atomic E-state index is 0. The first-order chi connectivity index (χ1) is 9.73. The molecule has 1 unspecified atom stereocenters. The van der Waals surface area contributed by atoms with Crippen LogP contribution in [0.4, 0.5) is 0 Å². The van der Waals surface area contributed by atoms with Crippen LogP contribution in [0.25, 0.3) is 0 Å². The fraction of sp³-hybridized carbons (Fsp3) is 1.00. The van der Waals surface area contributed by atoms with Crippen molar-refractivity contribution < 1.29 is 0 Å². The van der Waals surface area contributed by atoms with E-state index in [4.69, 9.17) is 0 Å². The molecule has 22 heavy (non-hydrogen) atoms. The first kappa shape index (κ1) is 24.2. The van der Waals surface area contributed by atoms with Crippen LogP contribution in [0.5, 0.6) is 0 Å². The van der Waals surface area contributed by atoms with Crippen LogP contribution in [-0.2, 0) is 0 Å². The molecule has 0 bridgehead atoms. The van der Waals surface area contributed by atoms with E-state index in [1.54, 1.807) is 0 Å². The van der Waals surface area contributed by atoms with Crippen LogP contribution in [-0.4, -0.2) is 49.1 Å². The third-order valence-electron chi connectivity index (χ3n) is 5.36. The number of likely N-dealkylation sites (tertiary alicyclic amines) is 2. The first-order valence-electron chi connectivity index (χ1n) is 9.18. The Morgan fingerprint density at radius 2 is 1.23 bits per heavy atom. The van der Waals surface area contributed by atoms with Crippen LogP contribution < -0.4 is 0 Å². The van der Waals surface area contributed by atoms with Crippen LogP contribution >= 0.6 is 0 Å². The van der Waals surface area contributed by atoms with E-state index in [2.05, 4.69) is 37.5 Å². The largest absolute Gasteiger partial charge is 0.304 e. The number of hydrogen-bond acceptors (Lipinski definition) is 2. The molecule has 2 aliphatic heterocycles. The van der Waals surface area contributed by atoms with Crippen molar-refractivity contribution in [2.45, 2.75) is 81.1 Å². The Hall–Kier alpha value is -0.0800. The van der Waals surface area contributed by atoms with Gasteiger partial charge in [0.25, 0.3) is 0 Å². The van der Waals surface area contributed by atoms with Crippen molar-refractivity contribution in [2.75, 3.05) is 39.3 Å². The average molecular weight is 315 g/mol. The lowest BCUT2D eigenvalue weighted by molar-refractivity contribution is 0.179.